The maximum Gasteiger partial charge on any atom is 0.160 e. The van der Waals surface area contributed by atoms with Crippen molar-refractivity contribution in [3.63, 3.8) is 0 Å². The summed E-state index contributed by atoms with van der Waals surface area (Å²) in [5.41, 5.74) is 20.0. The van der Waals surface area contributed by atoms with Gasteiger partial charge in [-0.05, 0) is 104 Å². The molecular weight excluding hydrogens is 811 g/mol. The lowest BCUT2D eigenvalue weighted by atomic mass is 9.95. The number of benzene rings is 10. The third kappa shape index (κ3) is 7.79. The average Bonchev–Trinajstić information content (AvgIpc) is 3.76. The Balaban J connectivity index is 0.891. The molecule has 67 heavy (non-hydrogen) atoms. The van der Waals surface area contributed by atoms with Crippen molar-refractivity contribution in [2.24, 2.45) is 0 Å². The summed E-state index contributed by atoms with van der Waals surface area (Å²) in [5.74, 6) is 0.678. The molecule has 10 aromatic carbocycles. The molecule has 0 radical (unpaired) electrons. The van der Waals surface area contributed by atoms with Gasteiger partial charge in [0.1, 0.15) is 0 Å². The number of hydrogen-bond donors (Lipinski definition) is 0. The van der Waals surface area contributed by atoms with Gasteiger partial charge >= 0.3 is 0 Å². The fraction of sp³-hybridized carbons (Fsp3) is 0. The Labute approximate surface area is 390 Å². The van der Waals surface area contributed by atoms with Gasteiger partial charge in [0, 0.05) is 33.2 Å². The second-order valence-corrected chi connectivity index (χ2v) is 17.0. The van der Waals surface area contributed by atoms with Crippen LogP contribution < -0.4 is 0 Å². The molecule has 3 nitrogen and oxygen atoms in total. The topological polar surface area (TPSA) is 30.7 Å². The Hall–Kier alpha value is -8.92. The molecule has 0 atom stereocenters. The molecule has 0 aliphatic heterocycles. The van der Waals surface area contributed by atoms with E-state index in [4.69, 9.17) is 9.97 Å². The van der Waals surface area contributed by atoms with Crippen molar-refractivity contribution in [1.82, 2.24) is 14.5 Å². The van der Waals surface area contributed by atoms with Gasteiger partial charge in [0.05, 0.1) is 22.4 Å². The summed E-state index contributed by atoms with van der Waals surface area (Å²) in [7, 11) is 0. The second kappa shape index (κ2) is 17.2. The van der Waals surface area contributed by atoms with E-state index in [1.807, 2.05) is 0 Å². The predicted octanol–water partition coefficient (Wildman–Crippen LogP) is 16.9. The molecule has 12 rings (SSSR count). The average molecular weight is 854 g/mol. The van der Waals surface area contributed by atoms with Crippen LogP contribution in [0.15, 0.2) is 261 Å². The normalized spacial score (nSPS) is 11.3. The minimum atomic E-state index is 0.678. The van der Waals surface area contributed by atoms with E-state index in [2.05, 4.69) is 265 Å². The van der Waals surface area contributed by atoms with Crippen LogP contribution in [0.25, 0.3) is 117 Å². The Kier molecular flexibility index (Phi) is 10.2. The van der Waals surface area contributed by atoms with Gasteiger partial charge in [-0.1, -0.05) is 212 Å². The lowest BCUT2D eigenvalue weighted by Gasteiger charge is -2.12. The van der Waals surface area contributed by atoms with Crippen LogP contribution in [-0.2, 0) is 0 Å². The van der Waals surface area contributed by atoms with Crippen molar-refractivity contribution >= 4 is 21.8 Å². The fourth-order valence-corrected chi connectivity index (χ4v) is 9.42. The molecule has 0 fully saturated rings. The van der Waals surface area contributed by atoms with Gasteiger partial charge in [-0.15, -0.1) is 0 Å². The van der Waals surface area contributed by atoms with Crippen LogP contribution in [0, 0.1) is 0 Å². The Morgan fingerprint density at radius 2 is 0.567 bits per heavy atom. The van der Waals surface area contributed by atoms with E-state index in [1.54, 1.807) is 0 Å². The van der Waals surface area contributed by atoms with Crippen LogP contribution in [0.5, 0.6) is 0 Å². The van der Waals surface area contributed by atoms with E-state index < -0.39 is 0 Å². The first-order valence-electron chi connectivity index (χ1n) is 22.8. The number of hydrogen-bond acceptors (Lipinski definition) is 2. The minimum absolute atomic E-state index is 0.678. The SMILES string of the molecule is c1ccc(-c2cccc(-c3cccc(-c4ccc(-c5cc(-c6cccc(-c7ccccc7)c6)nc(-c6ccc(-c7cccc(-n8c9ccccc9c9ccccc98)c7)cc6)n5)cc4)c3)c2)cc1. The molecule has 2 heterocycles. The maximum absolute atomic E-state index is 5.26. The summed E-state index contributed by atoms with van der Waals surface area (Å²) in [6.45, 7) is 0. The highest BCUT2D eigenvalue weighted by Crippen LogP contribution is 2.36. The standard InChI is InChI=1S/C64H43N3/c1-3-15-44(16-4-1)50-19-11-22-53(39-50)54-23-12-20-51(40-54)46-31-35-48(36-32-46)60-43-61(56-25-13-21-52(41-56)45-17-5-2-6-18-45)66-64(65-60)49-37-33-47(34-38-49)55-24-14-26-57(42-55)67-62-29-9-7-27-58(62)59-28-8-10-30-63(59)67/h1-43H. The summed E-state index contributed by atoms with van der Waals surface area (Å²) in [6.07, 6.45) is 0. The zero-order valence-corrected chi connectivity index (χ0v) is 36.7. The van der Waals surface area contributed by atoms with E-state index in [0.29, 0.717) is 5.82 Å². The van der Waals surface area contributed by atoms with Gasteiger partial charge < -0.3 is 4.57 Å². The van der Waals surface area contributed by atoms with Crippen molar-refractivity contribution in [3.05, 3.63) is 261 Å². The Morgan fingerprint density at radius 1 is 0.224 bits per heavy atom. The molecule has 0 saturated heterocycles. The molecule has 0 amide bonds. The van der Waals surface area contributed by atoms with Crippen LogP contribution in [0.3, 0.4) is 0 Å². The lowest BCUT2D eigenvalue weighted by Crippen LogP contribution is -1.96. The number of fused-ring (bicyclic) bond motifs is 3. The third-order valence-corrected chi connectivity index (χ3v) is 12.8. The van der Waals surface area contributed by atoms with Crippen LogP contribution >= 0.6 is 0 Å². The quantitative estimate of drug-likeness (QED) is 0.145. The molecule has 0 aliphatic carbocycles. The Morgan fingerprint density at radius 3 is 1.09 bits per heavy atom. The van der Waals surface area contributed by atoms with Gasteiger partial charge in [0.25, 0.3) is 0 Å². The molecule has 3 heteroatoms. The zero-order chi connectivity index (χ0) is 44.5. The predicted molar refractivity (Wildman–Crippen MR) is 280 cm³/mol. The maximum atomic E-state index is 5.26. The van der Waals surface area contributed by atoms with Crippen molar-refractivity contribution in [2.45, 2.75) is 0 Å². The van der Waals surface area contributed by atoms with E-state index >= 15 is 0 Å². The number of aromatic nitrogens is 3. The van der Waals surface area contributed by atoms with Crippen molar-refractivity contribution < 1.29 is 0 Å². The summed E-state index contributed by atoms with van der Waals surface area (Å²) in [4.78, 5) is 10.5. The number of rotatable bonds is 9. The molecular formula is C64H43N3. The smallest absolute Gasteiger partial charge is 0.160 e. The lowest BCUT2D eigenvalue weighted by molar-refractivity contribution is 1.18. The highest BCUT2D eigenvalue weighted by Gasteiger charge is 2.15. The first-order valence-corrected chi connectivity index (χ1v) is 22.8. The van der Waals surface area contributed by atoms with Crippen molar-refractivity contribution in [2.75, 3.05) is 0 Å². The fourth-order valence-electron chi connectivity index (χ4n) is 9.42. The molecule has 0 aliphatic rings. The minimum Gasteiger partial charge on any atom is -0.309 e. The van der Waals surface area contributed by atoms with Gasteiger partial charge in [0.15, 0.2) is 5.82 Å². The summed E-state index contributed by atoms with van der Waals surface area (Å²) in [5, 5.41) is 2.51. The van der Waals surface area contributed by atoms with Crippen LogP contribution in [0.4, 0.5) is 0 Å². The molecule has 0 N–H and O–H groups in total. The molecule has 0 bridgehead atoms. The molecule has 314 valence electrons. The van der Waals surface area contributed by atoms with Crippen molar-refractivity contribution in [1.29, 1.82) is 0 Å². The monoisotopic (exact) mass is 853 g/mol. The number of nitrogens with zero attached hydrogens (tertiary/aromatic N) is 3. The summed E-state index contributed by atoms with van der Waals surface area (Å²) in [6, 6.07) is 93.0. The number of para-hydroxylation sites is 2. The van der Waals surface area contributed by atoms with Gasteiger partial charge in [-0.25, -0.2) is 9.97 Å². The molecule has 2 aromatic heterocycles. The van der Waals surface area contributed by atoms with Crippen molar-refractivity contribution in [3.8, 4) is 95.2 Å². The van der Waals surface area contributed by atoms with E-state index in [0.717, 1.165) is 61.6 Å². The van der Waals surface area contributed by atoms with Crippen LogP contribution in [0.2, 0.25) is 0 Å². The summed E-state index contributed by atoms with van der Waals surface area (Å²) < 4.78 is 2.37. The molecule has 12 aromatic rings. The van der Waals surface area contributed by atoms with Gasteiger partial charge in [-0.2, -0.15) is 0 Å². The van der Waals surface area contributed by atoms with Crippen LogP contribution in [-0.4, -0.2) is 14.5 Å². The first-order chi connectivity index (χ1) is 33.2. The highest BCUT2D eigenvalue weighted by atomic mass is 15.0. The molecule has 0 spiro atoms. The van der Waals surface area contributed by atoms with E-state index in [1.165, 1.54) is 49.6 Å². The second-order valence-electron chi connectivity index (χ2n) is 17.0. The van der Waals surface area contributed by atoms with Gasteiger partial charge in [-0.3, -0.25) is 0 Å². The third-order valence-electron chi connectivity index (χ3n) is 12.8. The summed E-state index contributed by atoms with van der Waals surface area (Å²) >= 11 is 0. The molecule has 0 unspecified atom stereocenters. The zero-order valence-electron chi connectivity index (χ0n) is 36.7. The first kappa shape index (κ1) is 39.7. The van der Waals surface area contributed by atoms with Gasteiger partial charge in [0.2, 0.25) is 0 Å². The molecule has 0 saturated carbocycles. The van der Waals surface area contributed by atoms with E-state index in [9.17, 15) is 0 Å². The highest BCUT2D eigenvalue weighted by molar-refractivity contribution is 6.09. The largest absolute Gasteiger partial charge is 0.309 e. The van der Waals surface area contributed by atoms with E-state index in [-0.39, 0.29) is 0 Å². The Bertz CT molecular complexity index is 3670. The van der Waals surface area contributed by atoms with Crippen LogP contribution in [0.1, 0.15) is 0 Å².